The van der Waals surface area contributed by atoms with Gasteiger partial charge in [0.1, 0.15) is 10.7 Å². The first-order chi connectivity index (χ1) is 12.8. The van der Waals surface area contributed by atoms with Crippen LogP contribution in [0.1, 0.15) is 40.7 Å². The van der Waals surface area contributed by atoms with Crippen molar-refractivity contribution in [2.24, 2.45) is 0 Å². The van der Waals surface area contributed by atoms with Gasteiger partial charge in [-0.2, -0.15) is 4.31 Å². The highest BCUT2D eigenvalue weighted by molar-refractivity contribution is 7.89. The summed E-state index contributed by atoms with van der Waals surface area (Å²) in [6, 6.07) is 9.07. The van der Waals surface area contributed by atoms with E-state index in [1.807, 2.05) is 32.0 Å². The molecule has 7 heteroatoms. The summed E-state index contributed by atoms with van der Waals surface area (Å²) < 4.78 is 41.1. The van der Waals surface area contributed by atoms with Crippen LogP contribution >= 0.6 is 0 Å². The Labute approximate surface area is 159 Å². The minimum absolute atomic E-state index is 0.103. The standard InChI is InChI=1S/C20H23FN2O3S/c1-14-10-15(2)12-17(11-14)22-20(24)16-6-7-18(21)19(13-16)27(25,26)23-8-4-3-5-9-23/h6-7,10-13H,3-5,8-9H2,1-2H3,(H,22,24). The van der Waals surface area contributed by atoms with Crippen LogP contribution in [0.15, 0.2) is 41.3 Å². The molecule has 2 aromatic rings. The first-order valence-corrected chi connectivity index (χ1v) is 10.4. The van der Waals surface area contributed by atoms with E-state index in [1.165, 1.54) is 10.4 Å². The Morgan fingerprint density at radius 1 is 1.00 bits per heavy atom. The molecule has 5 nitrogen and oxygen atoms in total. The van der Waals surface area contributed by atoms with E-state index >= 15 is 0 Å². The lowest BCUT2D eigenvalue weighted by Gasteiger charge is -2.26. The average Bonchev–Trinajstić information content (AvgIpc) is 2.61. The van der Waals surface area contributed by atoms with Crippen LogP contribution in [0.25, 0.3) is 0 Å². The van der Waals surface area contributed by atoms with Crippen LogP contribution in [0.4, 0.5) is 10.1 Å². The lowest BCUT2D eigenvalue weighted by atomic mass is 10.1. The van der Waals surface area contributed by atoms with Gasteiger partial charge in [0.25, 0.3) is 5.91 Å². The summed E-state index contributed by atoms with van der Waals surface area (Å²) in [5.74, 6) is -1.32. The van der Waals surface area contributed by atoms with Gasteiger partial charge < -0.3 is 5.32 Å². The molecule has 1 heterocycles. The zero-order valence-electron chi connectivity index (χ0n) is 15.5. The van der Waals surface area contributed by atoms with Crippen molar-refractivity contribution in [2.75, 3.05) is 18.4 Å². The summed E-state index contributed by atoms with van der Waals surface area (Å²) >= 11 is 0. The van der Waals surface area contributed by atoms with Crippen LogP contribution in [0.3, 0.4) is 0 Å². The van der Waals surface area contributed by atoms with Crippen LogP contribution in [0.2, 0.25) is 0 Å². The molecule has 0 spiro atoms. The molecular formula is C20H23FN2O3S. The van der Waals surface area contributed by atoms with Crippen LogP contribution in [-0.2, 0) is 10.0 Å². The van der Waals surface area contributed by atoms with E-state index in [1.54, 1.807) is 0 Å². The first kappa shape index (κ1) is 19.5. The van der Waals surface area contributed by atoms with Crippen LogP contribution < -0.4 is 5.32 Å². The van der Waals surface area contributed by atoms with E-state index in [4.69, 9.17) is 0 Å². The van der Waals surface area contributed by atoms with Crippen LogP contribution in [0, 0.1) is 19.7 Å². The summed E-state index contributed by atoms with van der Waals surface area (Å²) in [5, 5.41) is 2.75. The number of sulfonamides is 1. The predicted molar refractivity (Wildman–Crippen MR) is 103 cm³/mol. The van der Waals surface area contributed by atoms with Gasteiger partial charge in [0, 0.05) is 24.3 Å². The minimum Gasteiger partial charge on any atom is -0.322 e. The monoisotopic (exact) mass is 390 g/mol. The van der Waals surface area contributed by atoms with E-state index < -0.39 is 26.6 Å². The number of hydrogen-bond acceptors (Lipinski definition) is 3. The fourth-order valence-corrected chi connectivity index (χ4v) is 4.94. The van der Waals surface area contributed by atoms with Crippen molar-refractivity contribution in [3.05, 3.63) is 58.9 Å². The number of nitrogens with one attached hydrogen (secondary N) is 1. The molecular weight excluding hydrogens is 367 g/mol. The Bertz CT molecular complexity index is 947. The van der Waals surface area contributed by atoms with Crippen molar-refractivity contribution in [1.82, 2.24) is 4.31 Å². The molecule has 0 aromatic heterocycles. The highest BCUT2D eigenvalue weighted by Gasteiger charge is 2.29. The normalized spacial score (nSPS) is 15.5. The number of anilines is 1. The maximum absolute atomic E-state index is 14.3. The molecule has 27 heavy (non-hydrogen) atoms. The Morgan fingerprint density at radius 3 is 2.26 bits per heavy atom. The number of aryl methyl sites for hydroxylation is 2. The molecule has 0 saturated carbocycles. The molecule has 0 bridgehead atoms. The second-order valence-corrected chi connectivity index (χ2v) is 8.85. The molecule has 0 unspecified atom stereocenters. The number of amides is 1. The Kier molecular flexibility index (Phi) is 5.62. The summed E-state index contributed by atoms with van der Waals surface area (Å²) in [7, 11) is -3.96. The van der Waals surface area contributed by atoms with Crippen molar-refractivity contribution >= 4 is 21.6 Å². The molecule has 0 atom stereocenters. The van der Waals surface area contributed by atoms with Crippen molar-refractivity contribution in [3.63, 3.8) is 0 Å². The number of carbonyl (C=O) groups excluding carboxylic acids is 1. The highest BCUT2D eigenvalue weighted by Crippen LogP contribution is 2.24. The quantitative estimate of drug-likeness (QED) is 0.862. The second-order valence-electron chi connectivity index (χ2n) is 6.94. The van der Waals surface area contributed by atoms with E-state index in [2.05, 4.69) is 5.32 Å². The topological polar surface area (TPSA) is 66.5 Å². The van der Waals surface area contributed by atoms with Gasteiger partial charge in [-0.3, -0.25) is 4.79 Å². The molecule has 1 N–H and O–H groups in total. The molecule has 3 rings (SSSR count). The van der Waals surface area contributed by atoms with Gasteiger partial charge in [0.05, 0.1) is 0 Å². The van der Waals surface area contributed by atoms with Gasteiger partial charge in [0.2, 0.25) is 10.0 Å². The van der Waals surface area contributed by atoms with E-state index in [0.29, 0.717) is 18.8 Å². The van der Waals surface area contributed by atoms with Gasteiger partial charge in [-0.1, -0.05) is 12.5 Å². The van der Waals surface area contributed by atoms with Crippen LogP contribution in [0.5, 0.6) is 0 Å². The largest absolute Gasteiger partial charge is 0.322 e. The number of halogens is 1. The van der Waals surface area contributed by atoms with Crippen molar-refractivity contribution in [3.8, 4) is 0 Å². The summed E-state index contributed by atoms with van der Waals surface area (Å²) in [4.78, 5) is 12.1. The molecule has 2 aromatic carbocycles. The average molecular weight is 390 g/mol. The van der Waals surface area contributed by atoms with Crippen LogP contribution in [-0.4, -0.2) is 31.7 Å². The lowest BCUT2D eigenvalue weighted by molar-refractivity contribution is 0.102. The van der Waals surface area contributed by atoms with Gasteiger partial charge in [-0.25, -0.2) is 12.8 Å². The fourth-order valence-electron chi connectivity index (χ4n) is 3.34. The number of nitrogens with zero attached hydrogens (tertiary/aromatic N) is 1. The molecule has 0 aliphatic carbocycles. The number of benzene rings is 2. The molecule has 1 fully saturated rings. The Hall–Kier alpha value is -2.25. The second kappa shape index (κ2) is 7.78. The molecule has 1 aliphatic heterocycles. The number of hydrogen-bond donors (Lipinski definition) is 1. The van der Waals surface area contributed by atoms with Gasteiger partial charge in [-0.05, 0) is 68.1 Å². The molecule has 1 amide bonds. The molecule has 144 valence electrons. The van der Waals surface area contributed by atoms with Crippen molar-refractivity contribution in [1.29, 1.82) is 0 Å². The van der Waals surface area contributed by atoms with Gasteiger partial charge >= 0.3 is 0 Å². The summed E-state index contributed by atoms with van der Waals surface area (Å²) in [6.07, 6.45) is 2.48. The third-order valence-electron chi connectivity index (χ3n) is 4.61. The van der Waals surface area contributed by atoms with Gasteiger partial charge in [-0.15, -0.1) is 0 Å². The highest BCUT2D eigenvalue weighted by atomic mass is 32.2. The Morgan fingerprint density at radius 2 is 1.63 bits per heavy atom. The van der Waals surface area contributed by atoms with E-state index in [0.717, 1.165) is 42.5 Å². The predicted octanol–water partition coefficient (Wildman–Crippen LogP) is 3.87. The number of piperidine rings is 1. The molecule has 1 aliphatic rings. The third-order valence-corrected chi connectivity index (χ3v) is 6.52. The minimum atomic E-state index is -3.96. The van der Waals surface area contributed by atoms with Crippen molar-refractivity contribution < 1.29 is 17.6 Å². The summed E-state index contributed by atoms with van der Waals surface area (Å²) in [5.41, 5.74) is 2.71. The zero-order valence-corrected chi connectivity index (χ0v) is 16.3. The first-order valence-electron chi connectivity index (χ1n) is 8.97. The molecule has 0 radical (unpaired) electrons. The molecule has 1 saturated heterocycles. The Balaban J connectivity index is 1.89. The smallest absolute Gasteiger partial charge is 0.255 e. The van der Waals surface area contributed by atoms with Gasteiger partial charge in [0.15, 0.2) is 0 Å². The van der Waals surface area contributed by atoms with Crippen molar-refractivity contribution in [2.45, 2.75) is 38.0 Å². The third kappa shape index (κ3) is 4.36. The van der Waals surface area contributed by atoms with E-state index in [-0.39, 0.29) is 5.56 Å². The number of rotatable bonds is 4. The maximum atomic E-state index is 14.3. The number of carbonyl (C=O) groups is 1. The summed E-state index contributed by atoms with van der Waals surface area (Å²) in [6.45, 7) is 4.59. The fraction of sp³-hybridized carbons (Fsp3) is 0.350. The lowest BCUT2D eigenvalue weighted by Crippen LogP contribution is -2.36. The van der Waals surface area contributed by atoms with E-state index in [9.17, 15) is 17.6 Å². The maximum Gasteiger partial charge on any atom is 0.255 e. The zero-order chi connectivity index (χ0) is 19.6. The SMILES string of the molecule is Cc1cc(C)cc(NC(=O)c2ccc(F)c(S(=O)(=O)N3CCCCC3)c2)c1.